The fourth-order valence-corrected chi connectivity index (χ4v) is 3.77. The molecule has 0 saturated carbocycles. The van der Waals surface area contributed by atoms with Crippen LogP contribution >= 0.6 is 34.5 Å². The summed E-state index contributed by atoms with van der Waals surface area (Å²) in [4.78, 5) is 15.2. The number of methoxy groups -OCH3 is 1. The van der Waals surface area contributed by atoms with E-state index in [2.05, 4.69) is 10.3 Å². The Hall–Kier alpha value is -1.69. The van der Waals surface area contributed by atoms with Gasteiger partial charge < -0.3 is 15.0 Å². The third kappa shape index (κ3) is 3.47. The third-order valence-electron chi connectivity index (χ3n) is 3.45. The maximum absolute atomic E-state index is 12.2. The second-order valence-corrected chi connectivity index (χ2v) is 7.00. The zero-order valence-corrected chi connectivity index (χ0v) is 14.6. The van der Waals surface area contributed by atoms with Crippen molar-refractivity contribution in [2.24, 2.45) is 0 Å². The topological polar surface area (TPSA) is 54.1 Å². The van der Waals surface area contributed by atoms with E-state index >= 15 is 0 Å². The van der Waals surface area contributed by atoms with Crippen LogP contribution in [0, 0.1) is 0 Å². The Morgan fingerprint density at radius 2 is 2.17 bits per heavy atom. The lowest BCUT2D eigenvalue weighted by Crippen LogP contribution is -2.25. The number of rotatable bonds is 5. The molecule has 0 aliphatic carbocycles. The fraction of sp³-hybridized carbons (Fsp3) is 0.188. The Balaban J connectivity index is 1.62. The number of amides is 1. The highest BCUT2D eigenvalue weighted by Crippen LogP contribution is 2.38. The zero-order chi connectivity index (χ0) is 16.4. The van der Waals surface area contributed by atoms with Crippen molar-refractivity contribution in [2.75, 3.05) is 13.7 Å². The molecule has 0 fully saturated rings. The predicted molar refractivity (Wildman–Crippen MR) is 95.2 cm³/mol. The lowest BCUT2D eigenvalue weighted by atomic mass is 10.1. The van der Waals surface area contributed by atoms with Gasteiger partial charge in [0, 0.05) is 6.54 Å². The van der Waals surface area contributed by atoms with Gasteiger partial charge in [-0.15, -0.1) is 11.3 Å². The second-order valence-electron chi connectivity index (χ2n) is 4.97. The Labute approximate surface area is 147 Å². The molecule has 0 atom stereocenters. The van der Waals surface area contributed by atoms with E-state index in [0.717, 1.165) is 22.4 Å². The van der Waals surface area contributed by atoms with Gasteiger partial charge in [-0.25, -0.2) is 0 Å². The summed E-state index contributed by atoms with van der Waals surface area (Å²) in [7, 11) is 1.63. The van der Waals surface area contributed by atoms with E-state index in [4.69, 9.17) is 27.9 Å². The van der Waals surface area contributed by atoms with Crippen LogP contribution in [0.2, 0.25) is 9.36 Å². The Morgan fingerprint density at radius 3 is 2.91 bits per heavy atom. The van der Waals surface area contributed by atoms with Crippen LogP contribution in [0.1, 0.15) is 16.1 Å². The van der Waals surface area contributed by atoms with Crippen molar-refractivity contribution in [3.63, 3.8) is 0 Å². The van der Waals surface area contributed by atoms with Crippen molar-refractivity contribution < 1.29 is 9.53 Å². The van der Waals surface area contributed by atoms with Crippen molar-refractivity contribution in [3.8, 4) is 5.75 Å². The maximum atomic E-state index is 12.2. The fourth-order valence-electron chi connectivity index (χ4n) is 2.28. The largest absolute Gasteiger partial charge is 0.497 e. The number of halogens is 2. The number of hydrogen-bond donors (Lipinski definition) is 2. The second kappa shape index (κ2) is 6.83. The molecule has 0 radical (unpaired) electrons. The number of carbonyl (C=O) groups excluding carboxylic acids is 1. The lowest BCUT2D eigenvalue weighted by molar-refractivity contribution is 0.0950. The van der Waals surface area contributed by atoms with E-state index in [9.17, 15) is 4.79 Å². The number of aromatic amines is 1. The van der Waals surface area contributed by atoms with Crippen molar-refractivity contribution in [1.82, 2.24) is 10.3 Å². The van der Waals surface area contributed by atoms with Crippen LogP contribution in [0.4, 0.5) is 0 Å². The molecule has 0 saturated heterocycles. The quantitative estimate of drug-likeness (QED) is 0.695. The molecule has 0 aliphatic rings. The summed E-state index contributed by atoms with van der Waals surface area (Å²) in [6, 6.07) is 9.54. The molecule has 2 heterocycles. The molecule has 2 aromatic heterocycles. The molecule has 4 nitrogen and oxygen atoms in total. The van der Waals surface area contributed by atoms with E-state index in [0.29, 0.717) is 27.1 Å². The highest BCUT2D eigenvalue weighted by Gasteiger charge is 2.15. The first-order valence-corrected chi connectivity index (χ1v) is 8.53. The van der Waals surface area contributed by atoms with Crippen molar-refractivity contribution in [1.29, 1.82) is 0 Å². The summed E-state index contributed by atoms with van der Waals surface area (Å²) in [6.45, 7) is 0.535. The number of aromatic nitrogens is 1. The molecular weight excluding hydrogens is 355 g/mol. The molecule has 3 rings (SSSR count). The highest BCUT2D eigenvalue weighted by atomic mass is 35.5. The Bertz CT molecular complexity index is 857. The summed E-state index contributed by atoms with van der Waals surface area (Å²) in [5.41, 5.74) is 2.29. The van der Waals surface area contributed by atoms with Crippen LogP contribution < -0.4 is 10.1 Å². The van der Waals surface area contributed by atoms with Gasteiger partial charge in [0.25, 0.3) is 5.91 Å². The number of ether oxygens (including phenoxy) is 1. The molecule has 0 unspecified atom stereocenters. The van der Waals surface area contributed by atoms with Crippen LogP contribution in [0.25, 0.3) is 10.2 Å². The van der Waals surface area contributed by atoms with Gasteiger partial charge in [-0.05, 0) is 30.2 Å². The lowest BCUT2D eigenvalue weighted by Gasteiger charge is -2.06. The number of fused-ring (bicyclic) bond motifs is 1. The average Bonchev–Trinajstić information content (AvgIpc) is 3.08. The van der Waals surface area contributed by atoms with Gasteiger partial charge >= 0.3 is 0 Å². The molecule has 3 aromatic rings. The standard InChI is InChI=1S/C16H14Cl2N2O2S/c1-22-10-4-2-3-9(7-10)5-6-19-16(21)11-8-12-14(20-11)13(17)15(18)23-12/h2-4,7-8,20H,5-6H2,1H3,(H,19,21). The predicted octanol–water partition coefficient (Wildman–Crippen LogP) is 4.52. The van der Waals surface area contributed by atoms with E-state index in [-0.39, 0.29) is 5.91 Å². The summed E-state index contributed by atoms with van der Waals surface area (Å²) < 4.78 is 6.58. The summed E-state index contributed by atoms with van der Waals surface area (Å²) in [6.07, 6.45) is 0.727. The normalized spacial score (nSPS) is 10.9. The number of benzene rings is 1. The number of thiophene rings is 1. The number of carbonyl (C=O) groups is 1. The molecule has 0 bridgehead atoms. The summed E-state index contributed by atoms with van der Waals surface area (Å²) in [5, 5.41) is 3.35. The molecule has 23 heavy (non-hydrogen) atoms. The average molecular weight is 369 g/mol. The minimum Gasteiger partial charge on any atom is -0.497 e. The summed E-state index contributed by atoms with van der Waals surface area (Å²) >= 11 is 13.4. The molecule has 2 N–H and O–H groups in total. The first-order valence-electron chi connectivity index (χ1n) is 6.96. The minimum absolute atomic E-state index is 0.163. The summed E-state index contributed by atoms with van der Waals surface area (Å²) in [5.74, 6) is 0.647. The van der Waals surface area contributed by atoms with Crippen molar-refractivity contribution in [2.45, 2.75) is 6.42 Å². The first-order chi connectivity index (χ1) is 11.1. The third-order valence-corrected chi connectivity index (χ3v) is 5.38. The molecule has 7 heteroatoms. The Morgan fingerprint density at radius 1 is 1.35 bits per heavy atom. The zero-order valence-electron chi connectivity index (χ0n) is 12.3. The van der Waals surface area contributed by atoms with E-state index in [1.54, 1.807) is 13.2 Å². The van der Waals surface area contributed by atoms with E-state index < -0.39 is 0 Å². The minimum atomic E-state index is -0.163. The Kier molecular flexibility index (Phi) is 4.80. The van der Waals surface area contributed by atoms with E-state index in [1.165, 1.54) is 11.3 Å². The molecule has 0 spiro atoms. The smallest absolute Gasteiger partial charge is 0.267 e. The maximum Gasteiger partial charge on any atom is 0.267 e. The molecule has 0 aliphatic heterocycles. The van der Waals surface area contributed by atoms with Crippen LogP contribution in [-0.4, -0.2) is 24.5 Å². The number of hydrogen-bond acceptors (Lipinski definition) is 3. The highest BCUT2D eigenvalue weighted by molar-refractivity contribution is 7.23. The van der Waals surface area contributed by atoms with Gasteiger partial charge in [0.1, 0.15) is 15.8 Å². The van der Waals surface area contributed by atoms with Crippen molar-refractivity contribution >= 4 is 50.7 Å². The van der Waals surface area contributed by atoms with Gasteiger partial charge in [0.15, 0.2) is 0 Å². The van der Waals surface area contributed by atoms with Gasteiger partial charge in [-0.1, -0.05) is 35.3 Å². The van der Waals surface area contributed by atoms with Gasteiger partial charge in [-0.2, -0.15) is 0 Å². The van der Waals surface area contributed by atoms with Crippen LogP contribution in [0.15, 0.2) is 30.3 Å². The SMILES string of the molecule is COc1cccc(CCNC(=O)c2cc3sc(Cl)c(Cl)c3[nH]2)c1. The van der Waals surface area contributed by atoms with Crippen LogP contribution in [0.5, 0.6) is 5.75 Å². The first kappa shape index (κ1) is 16.2. The number of H-pyrrole nitrogens is 1. The molecular formula is C16H14Cl2N2O2S. The number of nitrogens with one attached hydrogen (secondary N) is 2. The monoisotopic (exact) mass is 368 g/mol. The van der Waals surface area contributed by atoms with Gasteiger partial charge in [0.2, 0.25) is 0 Å². The molecule has 120 valence electrons. The van der Waals surface area contributed by atoms with Crippen LogP contribution in [0.3, 0.4) is 0 Å². The van der Waals surface area contributed by atoms with Crippen molar-refractivity contribution in [3.05, 3.63) is 50.9 Å². The van der Waals surface area contributed by atoms with E-state index in [1.807, 2.05) is 24.3 Å². The van der Waals surface area contributed by atoms with Crippen LogP contribution in [-0.2, 0) is 6.42 Å². The van der Waals surface area contributed by atoms with Gasteiger partial charge in [-0.3, -0.25) is 4.79 Å². The van der Waals surface area contributed by atoms with Gasteiger partial charge in [0.05, 0.1) is 22.3 Å². The molecule has 1 aromatic carbocycles. The molecule has 1 amide bonds.